The van der Waals surface area contributed by atoms with Gasteiger partial charge in [-0.1, -0.05) is 34.7 Å². The fourth-order valence-electron chi connectivity index (χ4n) is 0.951. The number of hydrogen-bond acceptors (Lipinski definition) is 1. The number of hydrogen-bond donors (Lipinski definition) is 0. The van der Waals surface area contributed by atoms with E-state index in [1.807, 2.05) is 22.4 Å². The van der Waals surface area contributed by atoms with Crippen molar-refractivity contribution < 1.29 is 4.79 Å². The summed E-state index contributed by atoms with van der Waals surface area (Å²) in [5.41, 5.74) is 0. The molecular formula is C8H10INO. The Bertz CT molecular complexity index is 198. The van der Waals surface area contributed by atoms with Crippen LogP contribution in [-0.4, -0.2) is 17.4 Å². The SMILES string of the molecule is O=C1CCC=CN1C/C=C\I. The number of rotatable bonds is 2. The molecule has 0 N–H and O–H groups in total. The Morgan fingerprint density at radius 1 is 1.73 bits per heavy atom. The first-order valence-corrected chi connectivity index (χ1v) is 4.80. The quantitative estimate of drug-likeness (QED) is 0.698. The molecule has 0 spiro atoms. The molecule has 0 bridgehead atoms. The number of halogens is 1. The van der Waals surface area contributed by atoms with E-state index in [1.54, 1.807) is 4.90 Å². The van der Waals surface area contributed by atoms with Crippen molar-refractivity contribution >= 4 is 28.5 Å². The fraction of sp³-hybridized carbons (Fsp3) is 0.375. The monoisotopic (exact) mass is 263 g/mol. The third kappa shape index (κ3) is 2.65. The van der Waals surface area contributed by atoms with Gasteiger partial charge in [0, 0.05) is 19.2 Å². The molecule has 60 valence electrons. The molecule has 1 rings (SSSR count). The van der Waals surface area contributed by atoms with E-state index >= 15 is 0 Å². The molecule has 1 aliphatic heterocycles. The lowest BCUT2D eigenvalue weighted by Crippen LogP contribution is -2.27. The van der Waals surface area contributed by atoms with Crippen LogP contribution in [0.25, 0.3) is 0 Å². The third-order valence-corrected chi connectivity index (χ3v) is 2.03. The summed E-state index contributed by atoms with van der Waals surface area (Å²) in [6, 6.07) is 0. The van der Waals surface area contributed by atoms with Gasteiger partial charge >= 0.3 is 0 Å². The number of carbonyl (C=O) groups excluding carboxylic acids is 1. The van der Waals surface area contributed by atoms with Gasteiger partial charge in [-0.25, -0.2) is 0 Å². The first kappa shape index (κ1) is 8.77. The van der Waals surface area contributed by atoms with Crippen LogP contribution in [0.5, 0.6) is 0 Å². The van der Waals surface area contributed by atoms with Crippen LogP contribution >= 0.6 is 22.6 Å². The first-order chi connectivity index (χ1) is 5.34. The van der Waals surface area contributed by atoms with Crippen molar-refractivity contribution in [3.63, 3.8) is 0 Å². The second-order valence-electron chi connectivity index (χ2n) is 2.33. The van der Waals surface area contributed by atoms with E-state index in [2.05, 4.69) is 22.6 Å². The van der Waals surface area contributed by atoms with Gasteiger partial charge in [0.05, 0.1) is 0 Å². The van der Waals surface area contributed by atoms with Crippen molar-refractivity contribution in [3.8, 4) is 0 Å². The molecule has 0 atom stereocenters. The van der Waals surface area contributed by atoms with Gasteiger partial charge in [0.2, 0.25) is 5.91 Å². The molecule has 1 heterocycles. The van der Waals surface area contributed by atoms with Gasteiger partial charge in [-0.2, -0.15) is 0 Å². The molecule has 0 radical (unpaired) electrons. The normalized spacial score (nSPS) is 18.3. The minimum atomic E-state index is 0.224. The summed E-state index contributed by atoms with van der Waals surface area (Å²) in [7, 11) is 0. The van der Waals surface area contributed by atoms with Crippen LogP contribution in [0.15, 0.2) is 22.4 Å². The molecule has 0 aromatic heterocycles. The molecule has 11 heavy (non-hydrogen) atoms. The zero-order valence-electron chi connectivity index (χ0n) is 6.16. The lowest BCUT2D eigenvalue weighted by atomic mass is 10.2. The van der Waals surface area contributed by atoms with Gasteiger partial charge < -0.3 is 4.90 Å². The van der Waals surface area contributed by atoms with Gasteiger partial charge in [-0.05, 0) is 10.5 Å². The third-order valence-electron chi connectivity index (χ3n) is 1.52. The van der Waals surface area contributed by atoms with Crippen LogP contribution in [-0.2, 0) is 4.79 Å². The number of amides is 1. The van der Waals surface area contributed by atoms with Crippen molar-refractivity contribution in [2.45, 2.75) is 12.8 Å². The fourth-order valence-corrected chi connectivity index (χ4v) is 1.18. The van der Waals surface area contributed by atoms with Gasteiger partial charge in [0.25, 0.3) is 0 Å². The summed E-state index contributed by atoms with van der Waals surface area (Å²) in [6.07, 6.45) is 7.41. The van der Waals surface area contributed by atoms with Crippen LogP contribution < -0.4 is 0 Å². The largest absolute Gasteiger partial charge is 0.316 e. The smallest absolute Gasteiger partial charge is 0.227 e. The molecule has 1 aliphatic rings. The van der Waals surface area contributed by atoms with Crippen LogP contribution in [0, 0.1) is 0 Å². The molecule has 0 fully saturated rings. The van der Waals surface area contributed by atoms with Crippen molar-refractivity contribution in [1.29, 1.82) is 0 Å². The topological polar surface area (TPSA) is 20.3 Å². The maximum Gasteiger partial charge on any atom is 0.227 e. The number of carbonyl (C=O) groups is 1. The van der Waals surface area contributed by atoms with E-state index in [0.717, 1.165) is 6.42 Å². The molecule has 1 amide bonds. The molecule has 0 aromatic carbocycles. The molecule has 0 aromatic rings. The van der Waals surface area contributed by atoms with Gasteiger partial charge in [-0.15, -0.1) is 0 Å². The molecule has 0 unspecified atom stereocenters. The van der Waals surface area contributed by atoms with Crippen molar-refractivity contribution in [3.05, 3.63) is 22.4 Å². The summed E-state index contributed by atoms with van der Waals surface area (Å²) in [5.74, 6) is 0.224. The van der Waals surface area contributed by atoms with Crippen LogP contribution in [0.3, 0.4) is 0 Å². The van der Waals surface area contributed by atoms with Crippen molar-refractivity contribution in [2.24, 2.45) is 0 Å². The zero-order chi connectivity index (χ0) is 8.10. The minimum Gasteiger partial charge on any atom is -0.316 e. The lowest BCUT2D eigenvalue weighted by Gasteiger charge is -2.19. The second kappa shape index (κ2) is 4.54. The Labute approximate surface area is 80.1 Å². The Morgan fingerprint density at radius 2 is 2.55 bits per heavy atom. The highest BCUT2D eigenvalue weighted by Gasteiger charge is 2.10. The van der Waals surface area contributed by atoms with E-state index in [9.17, 15) is 4.79 Å². The maximum atomic E-state index is 11.1. The minimum absolute atomic E-state index is 0.224. The molecule has 2 nitrogen and oxygen atoms in total. The highest BCUT2D eigenvalue weighted by Crippen LogP contribution is 2.07. The van der Waals surface area contributed by atoms with E-state index in [4.69, 9.17) is 0 Å². The average molecular weight is 263 g/mol. The standard InChI is InChI=1S/C8H10INO/c9-5-3-7-10-6-2-1-4-8(10)11/h2-3,5-6H,1,4,7H2/b5-3-. The number of nitrogens with zero attached hydrogens (tertiary/aromatic N) is 1. The Kier molecular flexibility index (Phi) is 3.62. The molecule has 3 heteroatoms. The summed E-state index contributed by atoms with van der Waals surface area (Å²) < 4.78 is 1.92. The molecule has 0 aliphatic carbocycles. The van der Waals surface area contributed by atoms with Crippen molar-refractivity contribution in [1.82, 2.24) is 4.90 Å². The first-order valence-electron chi connectivity index (χ1n) is 3.56. The summed E-state index contributed by atoms with van der Waals surface area (Å²) in [4.78, 5) is 12.9. The van der Waals surface area contributed by atoms with Crippen LogP contribution in [0.2, 0.25) is 0 Å². The van der Waals surface area contributed by atoms with Gasteiger partial charge in [-0.3, -0.25) is 4.79 Å². The predicted molar refractivity (Wildman–Crippen MR) is 53.2 cm³/mol. The molecular weight excluding hydrogens is 253 g/mol. The van der Waals surface area contributed by atoms with Gasteiger partial charge in [0.1, 0.15) is 0 Å². The zero-order valence-corrected chi connectivity index (χ0v) is 8.32. The average Bonchev–Trinajstić information content (AvgIpc) is 2.03. The van der Waals surface area contributed by atoms with Crippen LogP contribution in [0.1, 0.15) is 12.8 Å². The van der Waals surface area contributed by atoms with E-state index in [-0.39, 0.29) is 5.91 Å². The van der Waals surface area contributed by atoms with E-state index < -0.39 is 0 Å². The highest BCUT2D eigenvalue weighted by atomic mass is 127. The Balaban J connectivity index is 2.48. The Morgan fingerprint density at radius 3 is 3.18 bits per heavy atom. The van der Waals surface area contributed by atoms with Crippen molar-refractivity contribution in [2.75, 3.05) is 6.54 Å². The summed E-state index contributed by atoms with van der Waals surface area (Å²) in [6.45, 7) is 0.707. The number of allylic oxidation sites excluding steroid dienone is 1. The van der Waals surface area contributed by atoms with E-state index in [1.165, 1.54) is 0 Å². The van der Waals surface area contributed by atoms with Gasteiger partial charge in [0.15, 0.2) is 0 Å². The van der Waals surface area contributed by atoms with Crippen LogP contribution in [0.4, 0.5) is 0 Å². The highest BCUT2D eigenvalue weighted by molar-refractivity contribution is 14.1. The molecule has 0 saturated carbocycles. The lowest BCUT2D eigenvalue weighted by molar-refractivity contribution is -0.128. The van der Waals surface area contributed by atoms with E-state index in [0.29, 0.717) is 13.0 Å². The summed E-state index contributed by atoms with van der Waals surface area (Å²) >= 11 is 2.15. The summed E-state index contributed by atoms with van der Waals surface area (Å²) in [5, 5.41) is 0. The predicted octanol–water partition coefficient (Wildman–Crippen LogP) is 2.07. The molecule has 0 saturated heterocycles. The second-order valence-corrected chi connectivity index (χ2v) is 3.05. The maximum absolute atomic E-state index is 11.1. The Hall–Kier alpha value is -0.320.